The van der Waals surface area contributed by atoms with E-state index in [1.807, 2.05) is 0 Å². The predicted octanol–water partition coefficient (Wildman–Crippen LogP) is 4.04. The molecule has 0 unspecified atom stereocenters. The standard InChI is InChI=1S/2C7H9.Fe/c1-6-3-4-7(2)5-6;1-6-4-3-5-7(6)2;/h2*3-5H,1-2H3;/q2*-1;+2. The maximum absolute atomic E-state index is 2.17. The van der Waals surface area contributed by atoms with Crippen molar-refractivity contribution in [3.8, 4) is 0 Å². The van der Waals surface area contributed by atoms with Gasteiger partial charge in [-0.05, 0) is 0 Å². The van der Waals surface area contributed by atoms with Crippen LogP contribution in [-0.2, 0) is 17.1 Å². The third-order valence-electron chi connectivity index (χ3n) is 2.38. The Morgan fingerprint density at radius 1 is 1.13 bits per heavy atom. The minimum Gasteiger partial charge on any atom is -0.211 e. The fourth-order valence-electron chi connectivity index (χ4n) is 1.32. The second kappa shape index (κ2) is 6.66. The Morgan fingerprint density at radius 2 is 1.80 bits per heavy atom. The molecule has 0 fully saturated rings. The van der Waals surface area contributed by atoms with E-state index in [-0.39, 0.29) is 17.1 Å². The van der Waals surface area contributed by atoms with Crippen molar-refractivity contribution in [2.24, 2.45) is 0 Å². The number of aryl methyl sites for hydroxylation is 4. The summed E-state index contributed by atoms with van der Waals surface area (Å²) < 4.78 is 0. The summed E-state index contributed by atoms with van der Waals surface area (Å²) in [6, 6.07) is 12.7. The summed E-state index contributed by atoms with van der Waals surface area (Å²) >= 11 is 0. The quantitative estimate of drug-likeness (QED) is 0.483. The molecule has 0 saturated carbocycles. The molecule has 0 spiro atoms. The van der Waals surface area contributed by atoms with Gasteiger partial charge in [0, 0.05) is 0 Å². The monoisotopic (exact) mass is 242 g/mol. The molecule has 0 aromatic heterocycles. The average Bonchev–Trinajstić information content (AvgIpc) is 2.65. The Hall–Kier alpha value is -0.781. The fraction of sp³-hybridized carbons (Fsp3) is 0.286. The van der Waals surface area contributed by atoms with Crippen LogP contribution in [0.3, 0.4) is 0 Å². The van der Waals surface area contributed by atoms with E-state index >= 15 is 0 Å². The van der Waals surface area contributed by atoms with Gasteiger partial charge in [0.2, 0.25) is 0 Å². The zero-order valence-electron chi connectivity index (χ0n) is 9.82. The van der Waals surface area contributed by atoms with Crippen LogP contribution in [0.5, 0.6) is 0 Å². The minimum absolute atomic E-state index is 0. The van der Waals surface area contributed by atoms with Gasteiger partial charge in [-0.25, -0.2) is 17.7 Å². The Bertz CT molecular complexity index is 346. The zero-order chi connectivity index (χ0) is 10.6. The van der Waals surface area contributed by atoms with E-state index in [1.165, 1.54) is 22.3 Å². The first-order chi connectivity index (χ1) is 6.59. The molecule has 2 rings (SSSR count). The van der Waals surface area contributed by atoms with E-state index in [1.54, 1.807) is 0 Å². The second-order valence-corrected chi connectivity index (χ2v) is 3.86. The number of rotatable bonds is 0. The SMILES string of the molecule is Cc1cc[c-](C)c1.Cc1cc[cH-]c1C.[Fe+2]. The van der Waals surface area contributed by atoms with Gasteiger partial charge in [-0.1, -0.05) is 27.7 Å². The summed E-state index contributed by atoms with van der Waals surface area (Å²) in [6.45, 7) is 8.45. The molecular weight excluding hydrogens is 224 g/mol. The Kier molecular flexibility index (Phi) is 6.31. The van der Waals surface area contributed by atoms with Gasteiger partial charge < -0.3 is 0 Å². The molecule has 0 saturated heterocycles. The van der Waals surface area contributed by atoms with E-state index in [4.69, 9.17) is 0 Å². The van der Waals surface area contributed by atoms with Crippen LogP contribution >= 0.6 is 0 Å². The van der Waals surface area contributed by atoms with Gasteiger partial charge in [-0.2, -0.15) is 41.0 Å². The molecule has 0 bridgehead atoms. The van der Waals surface area contributed by atoms with E-state index in [0.29, 0.717) is 0 Å². The molecule has 0 aliphatic carbocycles. The van der Waals surface area contributed by atoms with E-state index in [0.717, 1.165) is 0 Å². The molecule has 0 atom stereocenters. The molecule has 0 radical (unpaired) electrons. The summed E-state index contributed by atoms with van der Waals surface area (Å²) in [5.41, 5.74) is 5.50. The molecular formula is C14H18Fe. The van der Waals surface area contributed by atoms with Crippen molar-refractivity contribution >= 4 is 0 Å². The van der Waals surface area contributed by atoms with Gasteiger partial charge in [0.15, 0.2) is 0 Å². The third kappa shape index (κ3) is 5.01. The minimum atomic E-state index is 0. The molecule has 0 N–H and O–H groups in total. The van der Waals surface area contributed by atoms with Crippen molar-refractivity contribution < 1.29 is 17.1 Å². The molecule has 2 aromatic carbocycles. The van der Waals surface area contributed by atoms with Crippen molar-refractivity contribution in [1.82, 2.24) is 0 Å². The van der Waals surface area contributed by atoms with E-state index in [9.17, 15) is 0 Å². The Balaban J connectivity index is 0.000000245. The van der Waals surface area contributed by atoms with Gasteiger partial charge in [0.05, 0.1) is 0 Å². The summed E-state index contributed by atoms with van der Waals surface area (Å²) in [5, 5.41) is 0. The van der Waals surface area contributed by atoms with Crippen molar-refractivity contribution in [2.75, 3.05) is 0 Å². The normalized spacial score (nSPS) is 8.80. The molecule has 0 heterocycles. The van der Waals surface area contributed by atoms with Gasteiger partial charge in [-0.3, -0.25) is 0 Å². The van der Waals surface area contributed by atoms with Crippen LogP contribution in [0.1, 0.15) is 22.3 Å². The topological polar surface area (TPSA) is 0 Å². The van der Waals surface area contributed by atoms with Gasteiger partial charge in [0.1, 0.15) is 0 Å². The molecule has 0 amide bonds. The van der Waals surface area contributed by atoms with Crippen molar-refractivity contribution in [3.63, 3.8) is 0 Å². The third-order valence-corrected chi connectivity index (χ3v) is 2.38. The van der Waals surface area contributed by atoms with Crippen LogP contribution in [0.15, 0.2) is 36.4 Å². The van der Waals surface area contributed by atoms with Gasteiger partial charge in [-0.15, -0.1) is 0 Å². The largest absolute Gasteiger partial charge is 2.00 e. The maximum atomic E-state index is 2.17. The smallest absolute Gasteiger partial charge is 0.211 e. The first-order valence-corrected chi connectivity index (χ1v) is 4.98. The zero-order valence-corrected chi connectivity index (χ0v) is 10.9. The first kappa shape index (κ1) is 14.2. The van der Waals surface area contributed by atoms with Crippen LogP contribution in [0.25, 0.3) is 0 Å². The molecule has 1 heteroatoms. The summed E-state index contributed by atoms with van der Waals surface area (Å²) in [6.07, 6.45) is 0. The van der Waals surface area contributed by atoms with E-state index < -0.39 is 0 Å². The Labute approximate surface area is 104 Å². The van der Waals surface area contributed by atoms with Crippen LogP contribution in [0, 0.1) is 27.7 Å². The summed E-state index contributed by atoms with van der Waals surface area (Å²) in [4.78, 5) is 0. The van der Waals surface area contributed by atoms with Crippen molar-refractivity contribution in [2.45, 2.75) is 27.7 Å². The van der Waals surface area contributed by atoms with Crippen LogP contribution in [0.4, 0.5) is 0 Å². The second-order valence-electron chi connectivity index (χ2n) is 3.86. The Morgan fingerprint density at radius 3 is 1.93 bits per heavy atom. The van der Waals surface area contributed by atoms with Crippen LogP contribution in [0.2, 0.25) is 0 Å². The summed E-state index contributed by atoms with van der Waals surface area (Å²) in [7, 11) is 0. The predicted molar refractivity (Wildman–Crippen MR) is 63.0 cm³/mol. The molecule has 2 aromatic rings. The molecule has 0 aliphatic rings. The van der Waals surface area contributed by atoms with Crippen molar-refractivity contribution in [3.05, 3.63) is 58.7 Å². The average molecular weight is 242 g/mol. The molecule has 0 aliphatic heterocycles. The van der Waals surface area contributed by atoms with E-state index in [2.05, 4.69) is 64.1 Å². The van der Waals surface area contributed by atoms with Crippen LogP contribution in [-0.4, -0.2) is 0 Å². The van der Waals surface area contributed by atoms with Gasteiger partial charge >= 0.3 is 17.1 Å². The number of hydrogen-bond donors (Lipinski definition) is 0. The van der Waals surface area contributed by atoms with Crippen molar-refractivity contribution in [1.29, 1.82) is 0 Å². The molecule has 15 heavy (non-hydrogen) atoms. The molecule has 82 valence electrons. The first-order valence-electron chi connectivity index (χ1n) is 4.98. The van der Waals surface area contributed by atoms with Gasteiger partial charge in [0.25, 0.3) is 0 Å². The maximum Gasteiger partial charge on any atom is 2.00 e. The molecule has 0 nitrogen and oxygen atoms in total. The van der Waals surface area contributed by atoms with Crippen LogP contribution < -0.4 is 0 Å². The number of hydrogen-bond acceptors (Lipinski definition) is 0. The fourth-order valence-corrected chi connectivity index (χ4v) is 1.32. The summed E-state index contributed by atoms with van der Waals surface area (Å²) in [5.74, 6) is 0.